The molecular formula is C29H20BrCl2N3O5S2. The third-order valence-corrected chi connectivity index (χ3v) is 11.1. The van der Waals surface area contributed by atoms with E-state index in [4.69, 9.17) is 27.9 Å². The number of thioether (sulfide) groups is 1. The minimum atomic E-state index is -0.849. The molecule has 2 unspecified atom stereocenters. The molecule has 3 atom stereocenters. The molecule has 214 valence electrons. The molecule has 1 aromatic heterocycles. The van der Waals surface area contributed by atoms with Crippen LogP contribution in [0.25, 0.3) is 0 Å². The fourth-order valence-electron chi connectivity index (χ4n) is 5.21. The van der Waals surface area contributed by atoms with Gasteiger partial charge in [-0.2, -0.15) is 0 Å². The van der Waals surface area contributed by atoms with Crippen molar-refractivity contribution in [1.29, 1.82) is 0 Å². The highest BCUT2D eigenvalue weighted by Crippen LogP contribution is 2.55. The van der Waals surface area contributed by atoms with Crippen molar-refractivity contribution in [3.8, 4) is 5.75 Å². The van der Waals surface area contributed by atoms with Crippen molar-refractivity contribution in [2.45, 2.75) is 22.7 Å². The molecule has 0 aliphatic carbocycles. The third-order valence-electron chi connectivity index (χ3n) is 7.13. The van der Waals surface area contributed by atoms with E-state index in [-0.39, 0.29) is 21.5 Å². The molecule has 0 radical (unpaired) electrons. The van der Waals surface area contributed by atoms with Gasteiger partial charge in [-0.3, -0.25) is 23.7 Å². The van der Waals surface area contributed by atoms with E-state index in [9.17, 15) is 19.2 Å². The van der Waals surface area contributed by atoms with Crippen LogP contribution in [0, 0.1) is 5.92 Å². The molecule has 4 aromatic rings. The van der Waals surface area contributed by atoms with E-state index in [1.807, 2.05) is 0 Å². The molecule has 3 heterocycles. The molecule has 1 saturated heterocycles. The summed E-state index contributed by atoms with van der Waals surface area (Å²) in [5.41, 5.74) is 1.52. The van der Waals surface area contributed by atoms with Crippen molar-refractivity contribution in [3.63, 3.8) is 0 Å². The van der Waals surface area contributed by atoms with Gasteiger partial charge < -0.3 is 10.1 Å². The number of aromatic nitrogens is 1. The van der Waals surface area contributed by atoms with E-state index in [1.165, 1.54) is 9.47 Å². The van der Waals surface area contributed by atoms with Gasteiger partial charge in [0.2, 0.25) is 17.7 Å². The first kappa shape index (κ1) is 29.0. The zero-order valence-corrected chi connectivity index (χ0v) is 26.4. The maximum absolute atomic E-state index is 14.0. The van der Waals surface area contributed by atoms with E-state index in [2.05, 4.69) is 21.2 Å². The Hall–Kier alpha value is -3.09. The number of nitrogens with one attached hydrogen (secondary N) is 1. The van der Waals surface area contributed by atoms with Crippen molar-refractivity contribution < 1.29 is 19.1 Å². The summed E-state index contributed by atoms with van der Waals surface area (Å²) in [4.78, 5) is 55.6. The van der Waals surface area contributed by atoms with Crippen molar-refractivity contribution in [2.75, 3.05) is 17.3 Å². The van der Waals surface area contributed by atoms with Gasteiger partial charge in [0.1, 0.15) is 17.5 Å². The number of hydrogen-bond acceptors (Lipinski definition) is 7. The topological polar surface area (TPSA) is 97.7 Å². The monoisotopic (exact) mass is 703 g/mol. The summed E-state index contributed by atoms with van der Waals surface area (Å²) in [5.74, 6) is -2.14. The minimum absolute atomic E-state index is 0.243. The molecule has 3 amide bonds. The van der Waals surface area contributed by atoms with E-state index >= 15 is 0 Å². The quantitative estimate of drug-likeness (QED) is 0.233. The van der Waals surface area contributed by atoms with E-state index in [0.717, 1.165) is 27.6 Å². The third kappa shape index (κ3) is 5.07. The van der Waals surface area contributed by atoms with Crippen LogP contribution in [0.4, 0.5) is 11.4 Å². The van der Waals surface area contributed by atoms with Gasteiger partial charge in [0, 0.05) is 21.0 Å². The Bertz CT molecular complexity index is 1790. The Kier molecular flexibility index (Phi) is 7.97. The Labute approximate surface area is 266 Å². The average Bonchev–Trinajstić information content (AvgIpc) is 3.42. The maximum Gasteiger partial charge on any atom is 0.308 e. The lowest BCUT2D eigenvalue weighted by Crippen LogP contribution is -2.33. The number of carbonyl (C=O) groups is 3. The van der Waals surface area contributed by atoms with Gasteiger partial charge in [0.25, 0.3) is 0 Å². The van der Waals surface area contributed by atoms with Crippen molar-refractivity contribution in [1.82, 2.24) is 4.57 Å². The van der Waals surface area contributed by atoms with Gasteiger partial charge in [0.05, 0.1) is 33.8 Å². The smallest absolute Gasteiger partial charge is 0.308 e. The number of nitrogens with zero attached hydrogens (tertiary/aromatic N) is 2. The zero-order valence-electron chi connectivity index (χ0n) is 21.7. The molecular weight excluding hydrogens is 685 g/mol. The molecule has 13 heteroatoms. The lowest BCUT2D eigenvalue weighted by Gasteiger charge is -2.31. The number of rotatable bonds is 6. The number of halogens is 3. The van der Waals surface area contributed by atoms with Crippen LogP contribution in [-0.4, -0.2) is 34.6 Å². The van der Waals surface area contributed by atoms with Crippen LogP contribution < -0.4 is 19.8 Å². The summed E-state index contributed by atoms with van der Waals surface area (Å²) < 4.78 is 7.31. The predicted octanol–water partition coefficient (Wildman–Crippen LogP) is 6.42. The average molecular weight is 705 g/mol. The normalized spacial score (nSPS) is 19.4. The molecule has 8 nitrogen and oxygen atoms in total. The highest BCUT2D eigenvalue weighted by molar-refractivity contribution is 9.10. The summed E-state index contributed by atoms with van der Waals surface area (Å²) in [7, 11) is 1.55. The van der Waals surface area contributed by atoms with Crippen LogP contribution in [0.3, 0.4) is 0 Å². The van der Waals surface area contributed by atoms with Crippen LogP contribution in [0.5, 0.6) is 5.75 Å². The number of fused-ring (bicyclic) bond motifs is 2. The first-order valence-corrected chi connectivity index (χ1v) is 15.8. The fraction of sp³-hybridized carbons (Fsp3) is 0.172. The Morgan fingerprint density at radius 2 is 1.71 bits per heavy atom. The van der Waals surface area contributed by atoms with Crippen LogP contribution in [0.1, 0.15) is 16.4 Å². The highest BCUT2D eigenvalue weighted by Gasteiger charge is 2.57. The Balaban J connectivity index is 1.41. The second-order valence-corrected chi connectivity index (χ2v) is 13.4. The molecule has 6 rings (SSSR count). The lowest BCUT2D eigenvalue weighted by atomic mass is 9.83. The lowest BCUT2D eigenvalue weighted by molar-refractivity contribution is -0.122. The number of hydrogen-bond donors (Lipinski definition) is 1. The number of carbonyl (C=O) groups excluding carboxylic acids is 3. The first-order chi connectivity index (χ1) is 20.2. The van der Waals surface area contributed by atoms with Gasteiger partial charge in [-0.15, -0.1) is 0 Å². The summed E-state index contributed by atoms with van der Waals surface area (Å²) in [6.45, 7) is -0.282. The molecule has 2 aliphatic rings. The number of anilines is 2. The fourth-order valence-corrected chi connectivity index (χ4v) is 8.67. The summed E-state index contributed by atoms with van der Waals surface area (Å²) in [6.07, 6.45) is 0. The molecule has 0 bridgehead atoms. The Morgan fingerprint density at radius 1 is 1.00 bits per heavy atom. The predicted molar refractivity (Wildman–Crippen MR) is 168 cm³/mol. The van der Waals surface area contributed by atoms with Gasteiger partial charge in [-0.1, -0.05) is 74.4 Å². The largest absolute Gasteiger partial charge is 0.497 e. The van der Waals surface area contributed by atoms with Crippen molar-refractivity contribution >= 4 is 91.3 Å². The van der Waals surface area contributed by atoms with Crippen LogP contribution in [-0.2, 0) is 20.9 Å². The summed E-state index contributed by atoms with van der Waals surface area (Å²) >= 11 is 18.5. The van der Waals surface area contributed by atoms with Crippen LogP contribution in [0.2, 0.25) is 10.0 Å². The standard InChI is InChI=1S/C29H20BrCl2N3O5S2/c1-40-17-11-7-15(8-12-17)33-20(36)13-34-28-25(42-29(34)39)21(18-3-2-4-19(31)23(18)32)22-24(41-28)27(38)35(26(22)37)16-9-5-14(30)6-10-16/h2-12,21-22,24H,13H2,1H3,(H,33,36)/t21-,22?,24?/m1/s1. The number of imide groups is 1. The summed E-state index contributed by atoms with van der Waals surface area (Å²) in [6, 6.07) is 18.8. The second-order valence-electron chi connectivity index (χ2n) is 9.57. The minimum Gasteiger partial charge on any atom is -0.497 e. The van der Waals surface area contributed by atoms with Crippen LogP contribution >= 0.6 is 62.2 Å². The van der Waals surface area contributed by atoms with Gasteiger partial charge in [-0.25, -0.2) is 4.90 Å². The van der Waals surface area contributed by atoms with E-state index < -0.39 is 34.8 Å². The maximum atomic E-state index is 14.0. The van der Waals surface area contributed by atoms with Crippen molar-refractivity contribution in [3.05, 3.63) is 101 Å². The SMILES string of the molecule is COc1ccc(NC(=O)Cn2c3c(sc2=O)[C@H](c2cccc(Cl)c2Cl)C2C(=O)N(c4ccc(Br)cc4)C(=O)C2S3)cc1. The Morgan fingerprint density at radius 3 is 2.40 bits per heavy atom. The van der Waals surface area contributed by atoms with Crippen molar-refractivity contribution in [2.24, 2.45) is 5.92 Å². The number of thiazole rings is 1. The highest BCUT2D eigenvalue weighted by atomic mass is 79.9. The van der Waals surface area contributed by atoms with Gasteiger partial charge >= 0.3 is 4.87 Å². The molecule has 1 N–H and O–H groups in total. The van der Waals surface area contributed by atoms with Crippen LogP contribution in [0.15, 0.2) is 81.0 Å². The first-order valence-electron chi connectivity index (χ1n) is 12.6. The molecule has 3 aromatic carbocycles. The van der Waals surface area contributed by atoms with E-state index in [1.54, 1.807) is 73.8 Å². The number of methoxy groups -OCH3 is 1. The molecule has 2 aliphatic heterocycles. The summed E-state index contributed by atoms with van der Waals surface area (Å²) in [5, 5.41) is 2.93. The number of ether oxygens (including phenoxy) is 1. The number of amides is 3. The van der Waals surface area contributed by atoms with E-state index in [0.29, 0.717) is 32.6 Å². The second kappa shape index (κ2) is 11.5. The number of benzene rings is 3. The molecule has 0 saturated carbocycles. The molecule has 0 spiro atoms. The zero-order chi connectivity index (χ0) is 29.7. The van der Waals surface area contributed by atoms with Gasteiger partial charge in [0.15, 0.2) is 0 Å². The van der Waals surface area contributed by atoms with Gasteiger partial charge in [-0.05, 0) is 60.2 Å². The molecule has 1 fully saturated rings. The molecule has 42 heavy (non-hydrogen) atoms.